The molecule has 2 nitrogen and oxygen atoms in total. The van der Waals surface area contributed by atoms with Crippen molar-refractivity contribution < 1.29 is 9.13 Å². The van der Waals surface area contributed by atoms with Crippen LogP contribution in [-0.2, 0) is 4.74 Å². The molecule has 1 aliphatic carbocycles. The normalized spacial score (nSPS) is 25.8. The van der Waals surface area contributed by atoms with Crippen molar-refractivity contribution in [1.29, 1.82) is 0 Å². The zero-order chi connectivity index (χ0) is 12.6. The molecule has 1 saturated carbocycles. The highest BCUT2D eigenvalue weighted by Crippen LogP contribution is 2.42. The van der Waals surface area contributed by atoms with Gasteiger partial charge in [0.05, 0.1) is 10.6 Å². The minimum Gasteiger partial charge on any atom is -0.382 e. The maximum Gasteiger partial charge on any atom is 0.141 e. The number of benzene rings is 1. The summed E-state index contributed by atoms with van der Waals surface area (Å²) in [4.78, 5) is 0. The molecule has 1 aromatic rings. The third-order valence-corrected chi connectivity index (χ3v) is 4.34. The number of nitrogens with one attached hydrogen (secondary N) is 1. The number of rotatable bonds is 2. The molecule has 18 heavy (non-hydrogen) atoms. The van der Waals surface area contributed by atoms with Crippen LogP contribution in [0.2, 0.25) is 5.02 Å². The minimum absolute atomic E-state index is 0.125. The fraction of sp³-hybridized carbons (Fsp3) is 0.571. The quantitative estimate of drug-likeness (QED) is 0.876. The summed E-state index contributed by atoms with van der Waals surface area (Å²) in [5.74, 6) is -0.371. The van der Waals surface area contributed by atoms with Crippen LogP contribution in [-0.4, -0.2) is 18.2 Å². The molecule has 1 heterocycles. The summed E-state index contributed by atoms with van der Waals surface area (Å²) in [7, 11) is 0. The van der Waals surface area contributed by atoms with Crippen molar-refractivity contribution in [2.45, 2.75) is 43.7 Å². The summed E-state index contributed by atoms with van der Waals surface area (Å²) in [5.41, 5.74) is 1.02. The van der Waals surface area contributed by atoms with Crippen LogP contribution < -0.4 is 5.32 Å². The number of anilines is 1. The van der Waals surface area contributed by atoms with E-state index >= 15 is 0 Å². The first kappa shape index (κ1) is 12.2. The molecule has 1 atom stereocenters. The molecule has 1 saturated heterocycles. The van der Waals surface area contributed by atoms with E-state index in [2.05, 4.69) is 5.32 Å². The maximum atomic E-state index is 13.1. The van der Waals surface area contributed by atoms with Crippen LogP contribution in [0.3, 0.4) is 0 Å². The van der Waals surface area contributed by atoms with Gasteiger partial charge in [0.15, 0.2) is 0 Å². The summed E-state index contributed by atoms with van der Waals surface area (Å²) >= 11 is 5.79. The van der Waals surface area contributed by atoms with Gasteiger partial charge in [-0.15, -0.1) is 0 Å². The molecule has 0 amide bonds. The summed E-state index contributed by atoms with van der Waals surface area (Å²) in [6.07, 6.45) is 5.67. The second-order valence-corrected chi connectivity index (χ2v) is 5.76. The van der Waals surface area contributed by atoms with E-state index in [1.165, 1.54) is 25.3 Å². The lowest BCUT2D eigenvalue weighted by Crippen LogP contribution is -2.49. The van der Waals surface area contributed by atoms with Gasteiger partial charge in [-0.1, -0.05) is 11.6 Å². The third kappa shape index (κ3) is 2.34. The predicted molar refractivity (Wildman–Crippen MR) is 70.6 cm³/mol. The van der Waals surface area contributed by atoms with E-state index in [-0.39, 0.29) is 16.4 Å². The lowest BCUT2D eigenvalue weighted by atomic mass is 9.74. The summed E-state index contributed by atoms with van der Waals surface area (Å²) in [6, 6.07) is 5.20. The maximum absolute atomic E-state index is 13.1. The Morgan fingerprint density at radius 3 is 2.89 bits per heavy atom. The number of halogens is 2. The molecule has 1 unspecified atom stereocenters. The average Bonchev–Trinajstić information content (AvgIpc) is 2.32. The molecule has 3 rings (SSSR count). The minimum atomic E-state index is -0.371. The number of hydrogen-bond donors (Lipinski definition) is 1. The Kier molecular flexibility index (Phi) is 3.20. The van der Waals surface area contributed by atoms with Gasteiger partial charge in [-0.05, 0) is 50.3 Å². The van der Waals surface area contributed by atoms with Gasteiger partial charge in [0, 0.05) is 18.3 Å². The van der Waals surface area contributed by atoms with Crippen LogP contribution in [0.1, 0.15) is 32.1 Å². The molecule has 1 aliphatic heterocycles. The Hall–Kier alpha value is -0.800. The lowest BCUT2D eigenvalue weighted by molar-refractivity contribution is -0.130. The van der Waals surface area contributed by atoms with Crippen molar-refractivity contribution in [3.8, 4) is 0 Å². The largest absolute Gasteiger partial charge is 0.382 e. The van der Waals surface area contributed by atoms with E-state index in [9.17, 15) is 4.39 Å². The molecule has 1 N–H and O–H groups in total. The van der Waals surface area contributed by atoms with Gasteiger partial charge in [-0.2, -0.15) is 0 Å². The van der Waals surface area contributed by atoms with Crippen LogP contribution in [0.25, 0.3) is 0 Å². The molecule has 98 valence electrons. The van der Waals surface area contributed by atoms with Crippen molar-refractivity contribution in [2.75, 3.05) is 11.9 Å². The third-order valence-electron chi connectivity index (χ3n) is 4.05. The lowest BCUT2D eigenvalue weighted by Gasteiger charge is -2.47. The van der Waals surface area contributed by atoms with E-state index in [1.54, 1.807) is 12.1 Å². The van der Waals surface area contributed by atoms with Gasteiger partial charge >= 0.3 is 0 Å². The van der Waals surface area contributed by atoms with Crippen LogP contribution in [0.15, 0.2) is 18.2 Å². The second-order valence-electron chi connectivity index (χ2n) is 5.35. The molecular weight excluding hydrogens is 253 g/mol. The Labute approximate surface area is 111 Å². The highest BCUT2D eigenvalue weighted by Gasteiger charge is 2.42. The van der Waals surface area contributed by atoms with E-state index < -0.39 is 0 Å². The van der Waals surface area contributed by atoms with Crippen LogP contribution in [0.5, 0.6) is 0 Å². The highest BCUT2D eigenvalue weighted by atomic mass is 35.5. The first-order valence-electron chi connectivity index (χ1n) is 6.52. The van der Waals surface area contributed by atoms with Gasteiger partial charge in [0.1, 0.15) is 5.82 Å². The van der Waals surface area contributed by atoms with E-state index in [0.717, 1.165) is 25.1 Å². The summed E-state index contributed by atoms with van der Waals surface area (Å²) in [6.45, 7) is 0.812. The van der Waals surface area contributed by atoms with Crippen LogP contribution in [0.4, 0.5) is 10.1 Å². The van der Waals surface area contributed by atoms with E-state index in [0.29, 0.717) is 6.04 Å². The molecule has 1 aromatic carbocycles. The smallest absolute Gasteiger partial charge is 0.141 e. The predicted octanol–water partition coefficient (Wildman–Crippen LogP) is 3.99. The van der Waals surface area contributed by atoms with Gasteiger partial charge in [0.2, 0.25) is 0 Å². The first-order valence-corrected chi connectivity index (χ1v) is 6.90. The Bertz CT molecular complexity index is 447. The zero-order valence-corrected chi connectivity index (χ0v) is 11.0. The standard InChI is InChI=1S/C14H17ClFNO/c15-12-8-10(2-3-13(12)16)17-11-4-7-18-14(9-11)5-1-6-14/h2-3,8,11,17H,1,4-7,9H2. The zero-order valence-electron chi connectivity index (χ0n) is 10.2. The van der Waals surface area contributed by atoms with E-state index in [4.69, 9.17) is 16.3 Å². The topological polar surface area (TPSA) is 21.3 Å². The second kappa shape index (κ2) is 4.71. The van der Waals surface area contributed by atoms with E-state index in [1.807, 2.05) is 0 Å². The Morgan fingerprint density at radius 1 is 1.39 bits per heavy atom. The monoisotopic (exact) mass is 269 g/mol. The Balaban J connectivity index is 1.66. The van der Waals surface area contributed by atoms with Crippen molar-refractivity contribution >= 4 is 17.3 Å². The van der Waals surface area contributed by atoms with Crippen LogP contribution in [0, 0.1) is 5.82 Å². The molecule has 1 spiro atoms. The molecule has 0 bridgehead atoms. The van der Waals surface area contributed by atoms with Gasteiger partial charge in [-0.3, -0.25) is 0 Å². The van der Waals surface area contributed by atoms with Crippen molar-refractivity contribution in [1.82, 2.24) is 0 Å². The molecular formula is C14H17ClFNO. The molecule has 2 fully saturated rings. The van der Waals surface area contributed by atoms with Gasteiger partial charge in [-0.25, -0.2) is 4.39 Å². The summed E-state index contributed by atoms with van der Waals surface area (Å²) < 4.78 is 19.0. The fourth-order valence-electron chi connectivity index (χ4n) is 2.89. The van der Waals surface area contributed by atoms with Crippen molar-refractivity contribution in [3.05, 3.63) is 29.0 Å². The van der Waals surface area contributed by atoms with Crippen molar-refractivity contribution in [3.63, 3.8) is 0 Å². The fourth-order valence-corrected chi connectivity index (χ4v) is 3.07. The first-order chi connectivity index (χ1) is 8.67. The SMILES string of the molecule is Fc1ccc(NC2CCOC3(CCC3)C2)cc1Cl. The molecule has 0 radical (unpaired) electrons. The number of hydrogen-bond acceptors (Lipinski definition) is 2. The molecule has 4 heteroatoms. The Morgan fingerprint density at radius 2 is 2.22 bits per heavy atom. The summed E-state index contributed by atoms with van der Waals surface area (Å²) in [5, 5.41) is 3.61. The van der Waals surface area contributed by atoms with Gasteiger partial charge in [0.25, 0.3) is 0 Å². The van der Waals surface area contributed by atoms with Crippen LogP contribution >= 0.6 is 11.6 Å². The molecule has 2 aliphatic rings. The average molecular weight is 270 g/mol. The number of ether oxygens (including phenoxy) is 1. The highest BCUT2D eigenvalue weighted by molar-refractivity contribution is 6.31. The van der Waals surface area contributed by atoms with Crippen molar-refractivity contribution in [2.24, 2.45) is 0 Å². The molecule has 0 aromatic heterocycles. The van der Waals surface area contributed by atoms with Gasteiger partial charge < -0.3 is 10.1 Å².